The number of piperidine rings is 1. The van der Waals surface area contributed by atoms with E-state index in [4.69, 9.17) is 4.74 Å². The van der Waals surface area contributed by atoms with Gasteiger partial charge in [0, 0.05) is 23.3 Å². The van der Waals surface area contributed by atoms with Crippen molar-refractivity contribution in [1.29, 1.82) is 0 Å². The highest BCUT2D eigenvalue weighted by molar-refractivity contribution is 7.08. The molecule has 1 aromatic heterocycles. The molecule has 3 heterocycles. The van der Waals surface area contributed by atoms with Gasteiger partial charge in [-0.25, -0.2) is 9.69 Å². The summed E-state index contributed by atoms with van der Waals surface area (Å²) in [5.41, 5.74) is 2.29. The van der Waals surface area contributed by atoms with Gasteiger partial charge < -0.3 is 15.0 Å². The minimum Gasteiger partial charge on any atom is -0.445 e. The van der Waals surface area contributed by atoms with Gasteiger partial charge in [0.15, 0.2) is 0 Å². The Labute approximate surface area is 156 Å². The Bertz CT molecular complexity index is 850. The minimum absolute atomic E-state index is 0.116. The highest BCUT2D eigenvalue weighted by Gasteiger charge is 2.33. The van der Waals surface area contributed by atoms with E-state index in [9.17, 15) is 9.59 Å². The van der Waals surface area contributed by atoms with Crippen LogP contribution < -0.4 is 10.2 Å². The summed E-state index contributed by atoms with van der Waals surface area (Å²) in [7, 11) is 2.09. The van der Waals surface area contributed by atoms with Crippen LogP contribution in [0.1, 0.15) is 30.1 Å². The van der Waals surface area contributed by atoms with Gasteiger partial charge in [-0.3, -0.25) is 4.79 Å². The second-order valence-corrected chi connectivity index (χ2v) is 7.58. The fraction of sp³-hybridized carbons (Fsp3) is 0.368. The van der Waals surface area contributed by atoms with E-state index in [1.54, 1.807) is 11.4 Å². The molecule has 1 aromatic carbocycles. The Kier molecular flexibility index (Phi) is 4.42. The maximum absolute atomic E-state index is 13.1. The molecule has 2 amide bonds. The number of thiophene rings is 1. The highest BCUT2D eigenvalue weighted by Crippen LogP contribution is 2.40. The van der Waals surface area contributed by atoms with Crippen molar-refractivity contribution in [3.8, 4) is 0 Å². The Morgan fingerprint density at radius 3 is 2.88 bits per heavy atom. The zero-order valence-electron chi connectivity index (χ0n) is 14.8. The average Bonchev–Trinajstić information content (AvgIpc) is 3.05. The second kappa shape index (κ2) is 6.74. The first-order valence-electron chi connectivity index (χ1n) is 8.72. The summed E-state index contributed by atoms with van der Waals surface area (Å²) < 4.78 is 5.85. The molecule has 0 aliphatic carbocycles. The van der Waals surface area contributed by atoms with Crippen LogP contribution in [-0.2, 0) is 4.74 Å². The number of likely N-dealkylation sites (tertiary alicyclic amines) is 1. The van der Waals surface area contributed by atoms with Crippen LogP contribution in [-0.4, -0.2) is 42.6 Å². The summed E-state index contributed by atoms with van der Waals surface area (Å²) in [6, 6.07) is 7.67. The lowest BCUT2D eigenvalue weighted by Crippen LogP contribution is -2.42. The maximum Gasteiger partial charge on any atom is 0.419 e. The molecule has 2 aliphatic rings. The molecule has 2 aromatic rings. The number of nitrogens with zero attached hydrogens (tertiary/aromatic N) is 2. The number of ether oxygens (including phenoxy) is 1. The van der Waals surface area contributed by atoms with E-state index < -0.39 is 6.09 Å². The molecular weight excluding hydrogens is 350 g/mol. The second-order valence-electron chi connectivity index (χ2n) is 6.84. The van der Waals surface area contributed by atoms with Crippen LogP contribution in [0.3, 0.4) is 0 Å². The molecule has 2 atom stereocenters. The number of carbonyl (C=O) groups is 2. The molecule has 1 saturated heterocycles. The number of anilines is 3. The van der Waals surface area contributed by atoms with E-state index in [0.717, 1.165) is 19.4 Å². The van der Waals surface area contributed by atoms with Crippen LogP contribution in [0.15, 0.2) is 35.0 Å². The predicted octanol–water partition coefficient (Wildman–Crippen LogP) is 4.07. The SMILES string of the molecule is C[C@@H]1C[C@@H](OC(=O)N2c3ccccc3NC(=O)c3cscc32)CCN1C. The van der Waals surface area contributed by atoms with Gasteiger partial charge in [-0.05, 0) is 38.9 Å². The standard InChI is InChI=1S/C19H21N3O3S/c1-12-9-13(7-8-21(12)2)25-19(24)22-16-6-4-3-5-15(16)20-18(23)14-10-26-11-17(14)22/h3-6,10-13H,7-9H2,1-2H3,(H,20,23)/t12-,13+/m1/s1. The van der Waals surface area contributed by atoms with Gasteiger partial charge in [-0.2, -0.15) is 0 Å². The fourth-order valence-electron chi connectivity index (χ4n) is 3.47. The number of rotatable bonds is 1. The summed E-state index contributed by atoms with van der Waals surface area (Å²) in [4.78, 5) is 29.4. The zero-order chi connectivity index (χ0) is 18.3. The summed E-state index contributed by atoms with van der Waals surface area (Å²) in [5, 5.41) is 6.45. The lowest BCUT2D eigenvalue weighted by atomic mass is 10.0. The number of nitrogens with one attached hydrogen (secondary N) is 1. The Morgan fingerprint density at radius 2 is 2.08 bits per heavy atom. The predicted molar refractivity (Wildman–Crippen MR) is 102 cm³/mol. The van der Waals surface area contributed by atoms with Gasteiger partial charge in [0.25, 0.3) is 5.91 Å². The third kappa shape index (κ3) is 2.97. The molecule has 0 saturated carbocycles. The molecular formula is C19H21N3O3S. The summed E-state index contributed by atoms with van der Waals surface area (Å²) >= 11 is 1.39. The topological polar surface area (TPSA) is 61.9 Å². The number of amides is 2. The lowest BCUT2D eigenvalue weighted by Gasteiger charge is -2.35. The maximum atomic E-state index is 13.1. The van der Waals surface area contributed by atoms with Crippen molar-refractivity contribution in [2.45, 2.75) is 31.9 Å². The number of fused-ring (bicyclic) bond motifs is 2. The molecule has 6 nitrogen and oxygen atoms in total. The number of benzene rings is 1. The van der Waals surface area contributed by atoms with Crippen molar-refractivity contribution >= 4 is 40.4 Å². The Morgan fingerprint density at radius 1 is 1.27 bits per heavy atom. The smallest absolute Gasteiger partial charge is 0.419 e. The molecule has 136 valence electrons. The van der Waals surface area contributed by atoms with E-state index >= 15 is 0 Å². The van der Waals surface area contributed by atoms with Crippen molar-refractivity contribution in [3.05, 3.63) is 40.6 Å². The minimum atomic E-state index is -0.435. The van der Waals surface area contributed by atoms with Gasteiger partial charge in [0.2, 0.25) is 0 Å². The van der Waals surface area contributed by atoms with Crippen LogP contribution in [0.5, 0.6) is 0 Å². The van der Waals surface area contributed by atoms with Crippen LogP contribution in [0, 0.1) is 0 Å². The molecule has 1 N–H and O–H groups in total. The molecule has 0 bridgehead atoms. The number of carbonyl (C=O) groups excluding carboxylic acids is 2. The van der Waals surface area contributed by atoms with Crippen molar-refractivity contribution in [1.82, 2.24) is 4.90 Å². The van der Waals surface area contributed by atoms with E-state index in [0.29, 0.717) is 28.7 Å². The molecule has 2 aliphatic heterocycles. The van der Waals surface area contributed by atoms with E-state index in [1.807, 2.05) is 23.6 Å². The van der Waals surface area contributed by atoms with Gasteiger partial charge in [0.05, 0.1) is 22.6 Å². The highest BCUT2D eigenvalue weighted by atomic mass is 32.1. The van der Waals surface area contributed by atoms with Crippen LogP contribution in [0.25, 0.3) is 0 Å². The van der Waals surface area contributed by atoms with Gasteiger partial charge in [0.1, 0.15) is 6.10 Å². The van der Waals surface area contributed by atoms with Gasteiger partial charge >= 0.3 is 6.09 Å². The van der Waals surface area contributed by atoms with Crippen LogP contribution in [0.4, 0.5) is 21.9 Å². The third-order valence-corrected chi connectivity index (χ3v) is 5.86. The van der Waals surface area contributed by atoms with Crippen molar-refractivity contribution in [2.75, 3.05) is 23.8 Å². The molecule has 0 radical (unpaired) electrons. The van der Waals surface area contributed by atoms with Crippen molar-refractivity contribution < 1.29 is 14.3 Å². The van der Waals surface area contributed by atoms with Crippen molar-refractivity contribution in [2.24, 2.45) is 0 Å². The van der Waals surface area contributed by atoms with Gasteiger partial charge in [-0.1, -0.05) is 12.1 Å². The Hall–Kier alpha value is -2.38. The molecule has 26 heavy (non-hydrogen) atoms. The van der Waals surface area contributed by atoms with Gasteiger partial charge in [-0.15, -0.1) is 11.3 Å². The first-order chi connectivity index (χ1) is 12.5. The molecule has 0 unspecified atom stereocenters. The van der Waals surface area contributed by atoms with Crippen molar-refractivity contribution in [3.63, 3.8) is 0 Å². The fourth-order valence-corrected chi connectivity index (χ4v) is 4.27. The van der Waals surface area contributed by atoms with E-state index in [2.05, 4.69) is 24.2 Å². The summed E-state index contributed by atoms with van der Waals surface area (Å²) in [5.74, 6) is -0.211. The number of para-hydroxylation sites is 2. The first kappa shape index (κ1) is 17.1. The monoisotopic (exact) mass is 371 g/mol. The van der Waals surface area contributed by atoms with Crippen LogP contribution >= 0.6 is 11.3 Å². The number of hydrogen-bond donors (Lipinski definition) is 1. The van der Waals surface area contributed by atoms with Crippen LogP contribution in [0.2, 0.25) is 0 Å². The molecule has 7 heteroatoms. The summed E-state index contributed by atoms with van der Waals surface area (Å²) in [6.07, 6.45) is 1.08. The number of hydrogen-bond acceptors (Lipinski definition) is 5. The van der Waals surface area contributed by atoms with E-state index in [1.165, 1.54) is 16.2 Å². The largest absolute Gasteiger partial charge is 0.445 e. The zero-order valence-corrected chi connectivity index (χ0v) is 15.6. The molecule has 4 rings (SSSR count). The Balaban J connectivity index is 1.66. The van der Waals surface area contributed by atoms with E-state index in [-0.39, 0.29) is 12.0 Å². The third-order valence-electron chi connectivity index (χ3n) is 5.13. The normalized spacial score (nSPS) is 22.8. The lowest BCUT2D eigenvalue weighted by molar-refractivity contribution is 0.0417. The summed E-state index contributed by atoms with van der Waals surface area (Å²) in [6.45, 7) is 3.04. The molecule has 0 spiro atoms. The molecule has 1 fully saturated rings. The quantitative estimate of drug-likeness (QED) is 0.821. The first-order valence-corrected chi connectivity index (χ1v) is 9.66. The average molecular weight is 371 g/mol.